The molecule has 152 valence electrons. The first-order chi connectivity index (χ1) is 12.9. The van der Waals surface area contributed by atoms with E-state index >= 15 is 0 Å². The third-order valence-corrected chi connectivity index (χ3v) is 10.9. The highest BCUT2D eigenvalue weighted by Gasteiger charge is 2.76. The standard InChI is InChI=1S/C24H38O3/c1-14(10-16-13-26-16)18-4-5-19-17-11-21-24(27-21)12-15(25)6-9-23(24,3)20(17)7-8-22(18,19)2/h14-21,25H,4-13H2,1-3H3/t14-,15?,16-,17?,18?,19?,20?,21?,22-,23-,24?/m0/s1. The molecule has 0 bridgehead atoms. The summed E-state index contributed by atoms with van der Waals surface area (Å²) in [5.74, 6) is 4.28. The second kappa shape index (κ2) is 5.52. The Balaban J connectivity index is 1.27. The lowest BCUT2D eigenvalue weighted by atomic mass is 9.44. The Kier molecular flexibility index (Phi) is 3.62. The molecule has 0 aromatic carbocycles. The van der Waals surface area contributed by atoms with Crippen LogP contribution in [0, 0.1) is 40.4 Å². The number of hydrogen-bond acceptors (Lipinski definition) is 3. The molecule has 0 radical (unpaired) electrons. The molecule has 0 aromatic heterocycles. The third-order valence-electron chi connectivity index (χ3n) is 10.9. The normalized spacial score (nSPS) is 62.0. The van der Waals surface area contributed by atoms with Crippen LogP contribution in [0.1, 0.15) is 78.6 Å². The Morgan fingerprint density at radius 1 is 1.07 bits per heavy atom. The van der Waals surface area contributed by atoms with Crippen LogP contribution >= 0.6 is 0 Å². The van der Waals surface area contributed by atoms with E-state index in [2.05, 4.69) is 20.8 Å². The molecule has 1 N–H and O–H groups in total. The van der Waals surface area contributed by atoms with Gasteiger partial charge in [0, 0.05) is 11.8 Å². The molecule has 1 spiro atoms. The molecule has 2 aliphatic heterocycles. The predicted octanol–water partition coefficient (Wildman–Crippen LogP) is 4.56. The highest BCUT2D eigenvalue weighted by Crippen LogP contribution is 2.74. The first kappa shape index (κ1) is 17.7. The summed E-state index contributed by atoms with van der Waals surface area (Å²) in [6.45, 7) is 8.70. The van der Waals surface area contributed by atoms with Gasteiger partial charge in [-0.05, 0) is 86.4 Å². The molecule has 7 unspecified atom stereocenters. The van der Waals surface area contributed by atoms with Crippen molar-refractivity contribution in [3.8, 4) is 0 Å². The molecule has 3 nitrogen and oxygen atoms in total. The molecule has 2 saturated heterocycles. The minimum absolute atomic E-state index is 0.0359. The fourth-order valence-electron chi connectivity index (χ4n) is 9.42. The van der Waals surface area contributed by atoms with Crippen LogP contribution in [0.2, 0.25) is 0 Å². The predicted molar refractivity (Wildman–Crippen MR) is 104 cm³/mol. The first-order valence-corrected chi connectivity index (χ1v) is 11.8. The molecular formula is C24H38O3. The van der Waals surface area contributed by atoms with Crippen molar-refractivity contribution in [2.45, 2.75) is 102 Å². The Hall–Kier alpha value is -0.120. The summed E-state index contributed by atoms with van der Waals surface area (Å²) < 4.78 is 12.0. The summed E-state index contributed by atoms with van der Waals surface area (Å²) >= 11 is 0. The number of ether oxygens (including phenoxy) is 2. The molecule has 4 saturated carbocycles. The number of aliphatic hydroxyl groups excluding tert-OH is 1. The Labute approximate surface area is 164 Å². The van der Waals surface area contributed by atoms with E-state index in [0.717, 1.165) is 49.0 Å². The lowest BCUT2D eigenvalue weighted by Crippen LogP contribution is -2.58. The van der Waals surface area contributed by atoms with E-state index in [0.29, 0.717) is 23.0 Å². The summed E-state index contributed by atoms with van der Waals surface area (Å²) in [6.07, 6.45) is 12.2. The first-order valence-electron chi connectivity index (χ1n) is 11.8. The van der Waals surface area contributed by atoms with Gasteiger partial charge in [0.25, 0.3) is 0 Å². The highest BCUT2D eigenvalue weighted by molar-refractivity contribution is 5.24. The largest absolute Gasteiger partial charge is 0.393 e. The lowest BCUT2D eigenvalue weighted by Gasteiger charge is -2.59. The maximum atomic E-state index is 10.3. The van der Waals surface area contributed by atoms with Crippen molar-refractivity contribution in [3.05, 3.63) is 0 Å². The number of aliphatic hydroxyl groups is 1. The van der Waals surface area contributed by atoms with Crippen LogP contribution in [0.5, 0.6) is 0 Å². The van der Waals surface area contributed by atoms with Gasteiger partial charge in [-0.2, -0.15) is 0 Å². The fraction of sp³-hybridized carbons (Fsp3) is 1.00. The van der Waals surface area contributed by atoms with Gasteiger partial charge in [-0.1, -0.05) is 20.8 Å². The topological polar surface area (TPSA) is 45.3 Å². The summed E-state index contributed by atoms with van der Waals surface area (Å²) in [6, 6.07) is 0. The van der Waals surface area contributed by atoms with Crippen LogP contribution < -0.4 is 0 Å². The maximum Gasteiger partial charge on any atom is 0.103 e. The average Bonchev–Trinajstić information content (AvgIpc) is 3.51. The zero-order valence-electron chi connectivity index (χ0n) is 17.5. The average molecular weight is 375 g/mol. The van der Waals surface area contributed by atoms with E-state index < -0.39 is 0 Å². The zero-order chi connectivity index (χ0) is 18.6. The van der Waals surface area contributed by atoms with E-state index in [1.54, 1.807) is 0 Å². The van der Waals surface area contributed by atoms with Crippen LogP contribution in [0.3, 0.4) is 0 Å². The molecule has 11 atom stereocenters. The minimum Gasteiger partial charge on any atom is -0.393 e. The number of epoxide rings is 2. The van der Waals surface area contributed by atoms with Crippen LogP contribution in [0.4, 0.5) is 0 Å². The van der Waals surface area contributed by atoms with Crippen LogP contribution in [-0.4, -0.2) is 35.6 Å². The molecule has 6 fully saturated rings. The van der Waals surface area contributed by atoms with Gasteiger partial charge in [-0.3, -0.25) is 0 Å². The van der Waals surface area contributed by atoms with Crippen LogP contribution in [-0.2, 0) is 9.47 Å². The molecule has 2 heterocycles. The minimum atomic E-state index is -0.130. The van der Waals surface area contributed by atoms with E-state index in [9.17, 15) is 5.11 Å². The van der Waals surface area contributed by atoms with Crippen molar-refractivity contribution in [1.29, 1.82) is 0 Å². The van der Waals surface area contributed by atoms with Crippen molar-refractivity contribution in [2.75, 3.05) is 6.61 Å². The van der Waals surface area contributed by atoms with E-state index in [1.165, 1.54) is 44.9 Å². The van der Waals surface area contributed by atoms with Crippen molar-refractivity contribution in [3.63, 3.8) is 0 Å². The number of fused-ring (bicyclic) bond motifs is 4. The van der Waals surface area contributed by atoms with Gasteiger partial charge < -0.3 is 14.6 Å². The highest BCUT2D eigenvalue weighted by atomic mass is 16.6. The number of rotatable bonds is 3. The van der Waals surface area contributed by atoms with E-state index in [1.807, 2.05) is 0 Å². The Morgan fingerprint density at radius 2 is 1.89 bits per heavy atom. The molecule has 0 amide bonds. The van der Waals surface area contributed by atoms with Gasteiger partial charge in [0.05, 0.1) is 24.9 Å². The zero-order valence-corrected chi connectivity index (χ0v) is 17.5. The molecule has 0 aromatic rings. The quantitative estimate of drug-likeness (QED) is 0.737. The van der Waals surface area contributed by atoms with Gasteiger partial charge in [-0.15, -0.1) is 0 Å². The summed E-state index contributed by atoms with van der Waals surface area (Å²) in [7, 11) is 0. The van der Waals surface area contributed by atoms with Gasteiger partial charge in [0.15, 0.2) is 0 Å². The van der Waals surface area contributed by atoms with Crippen LogP contribution in [0.25, 0.3) is 0 Å². The smallest absolute Gasteiger partial charge is 0.103 e. The number of hydrogen-bond donors (Lipinski definition) is 1. The Bertz CT molecular complexity index is 631. The maximum absolute atomic E-state index is 10.3. The van der Waals surface area contributed by atoms with Gasteiger partial charge >= 0.3 is 0 Å². The van der Waals surface area contributed by atoms with E-state index in [-0.39, 0.29) is 11.7 Å². The molecule has 3 heteroatoms. The summed E-state index contributed by atoms with van der Waals surface area (Å²) in [5.41, 5.74) is 0.885. The van der Waals surface area contributed by atoms with Crippen molar-refractivity contribution < 1.29 is 14.6 Å². The summed E-state index contributed by atoms with van der Waals surface area (Å²) in [5, 5.41) is 10.3. The second-order valence-electron chi connectivity index (χ2n) is 11.8. The summed E-state index contributed by atoms with van der Waals surface area (Å²) in [4.78, 5) is 0. The van der Waals surface area contributed by atoms with Crippen molar-refractivity contribution >= 4 is 0 Å². The second-order valence-corrected chi connectivity index (χ2v) is 11.8. The lowest BCUT2D eigenvalue weighted by molar-refractivity contribution is -0.116. The van der Waals surface area contributed by atoms with Crippen molar-refractivity contribution in [1.82, 2.24) is 0 Å². The molecular weight excluding hydrogens is 336 g/mol. The molecule has 27 heavy (non-hydrogen) atoms. The molecule has 6 rings (SSSR count). The Morgan fingerprint density at radius 3 is 2.67 bits per heavy atom. The van der Waals surface area contributed by atoms with Gasteiger partial charge in [-0.25, -0.2) is 0 Å². The monoisotopic (exact) mass is 374 g/mol. The van der Waals surface area contributed by atoms with Gasteiger partial charge in [0.2, 0.25) is 0 Å². The molecule has 4 aliphatic carbocycles. The van der Waals surface area contributed by atoms with Gasteiger partial charge in [0.1, 0.15) is 5.60 Å². The van der Waals surface area contributed by atoms with Crippen molar-refractivity contribution in [2.24, 2.45) is 40.4 Å². The third kappa shape index (κ3) is 2.26. The SMILES string of the molecule is C[C@@H](C[C@H]1CO1)C1CCC2C3CC4OC45CC(O)CC[C@@]5(C)C3CC[C@]21C. The van der Waals surface area contributed by atoms with E-state index in [4.69, 9.17) is 9.47 Å². The fourth-order valence-corrected chi connectivity index (χ4v) is 9.42. The molecule has 6 aliphatic rings. The van der Waals surface area contributed by atoms with Crippen LogP contribution in [0.15, 0.2) is 0 Å².